The summed E-state index contributed by atoms with van der Waals surface area (Å²) in [7, 11) is -3.58. The van der Waals surface area contributed by atoms with Gasteiger partial charge in [-0.05, 0) is 63.6 Å². The van der Waals surface area contributed by atoms with Crippen LogP contribution in [-0.4, -0.2) is 31.5 Å². The van der Waals surface area contributed by atoms with Gasteiger partial charge in [0.2, 0.25) is 0 Å². The smallest absolute Gasteiger partial charge is 0.271 e. The molecule has 160 valence electrons. The topological polar surface area (TPSA) is 87.2 Å². The largest absolute Gasteiger partial charge is 0.357 e. The molecule has 0 radical (unpaired) electrons. The number of nitrogens with one attached hydrogen (secondary N) is 2. The maximum atomic E-state index is 12.6. The van der Waals surface area contributed by atoms with Crippen LogP contribution in [0.25, 0.3) is 0 Å². The van der Waals surface area contributed by atoms with E-state index in [4.69, 9.17) is 0 Å². The van der Waals surface area contributed by atoms with Crippen molar-refractivity contribution in [3.8, 4) is 0 Å². The molecule has 0 bridgehead atoms. The first-order valence-electron chi connectivity index (χ1n) is 9.93. The predicted octanol–water partition coefficient (Wildman–Crippen LogP) is 4.80. The Bertz CT molecular complexity index is 1090. The van der Waals surface area contributed by atoms with E-state index in [9.17, 15) is 8.42 Å². The van der Waals surface area contributed by atoms with Gasteiger partial charge in [0.15, 0.2) is 0 Å². The Morgan fingerprint density at radius 3 is 2.23 bits per heavy atom. The lowest BCUT2D eigenvalue weighted by Crippen LogP contribution is -2.23. The number of nitrogens with zero attached hydrogens (tertiary/aromatic N) is 3. The van der Waals surface area contributed by atoms with Crippen molar-refractivity contribution in [1.29, 1.82) is 0 Å². The van der Waals surface area contributed by atoms with Crippen LogP contribution in [0.4, 0.5) is 23.0 Å². The lowest BCUT2D eigenvalue weighted by atomic mass is 10.3. The normalized spacial score (nSPS) is 11.3. The minimum atomic E-state index is -3.58. The van der Waals surface area contributed by atoms with Gasteiger partial charge in [-0.25, -0.2) is 18.4 Å². The van der Waals surface area contributed by atoms with Crippen LogP contribution < -0.4 is 14.9 Å². The van der Waals surface area contributed by atoms with Gasteiger partial charge in [0.05, 0.1) is 0 Å². The van der Waals surface area contributed by atoms with Crippen molar-refractivity contribution < 1.29 is 8.42 Å². The molecule has 0 aliphatic heterocycles. The summed E-state index contributed by atoms with van der Waals surface area (Å²) >= 11 is 1.29. The molecule has 3 aromatic rings. The summed E-state index contributed by atoms with van der Waals surface area (Å²) < 4.78 is 28.1. The first kappa shape index (κ1) is 22.0. The van der Waals surface area contributed by atoms with Crippen molar-refractivity contribution in [3.63, 3.8) is 0 Å². The molecule has 0 fully saturated rings. The number of thiophene rings is 1. The zero-order valence-corrected chi connectivity index (χ0v) is 19.3. The highest BCUT2D eigenvalue weighted by Gasteiger charge is 2.16. The number of hydrogen-bond acceptors (Lipinski definition) is 7. The summed E-state index contributed by atoms with van der Waals surface area (Å²) in [5.41, 5.74) is 1.32. The van der Waals surface area contributed by atoms with Crippen LogP contribution in [0.5, 0.6) is 0 Å². The number of aryl methyl sites for hydroxylation is 2. The minimum Gasteiger partial charge on any atom is -0.357 e. The zero-order valence-electron chi connectivity index (χ0n) is 17.6. The Kier molecular flexibility index (Phi) is 6.94. The Morgan fingerprint density at radius 2 is 1.63 bits per heavy atom. The lowest BCUT2D eigenvalue weighted by molar-refractivity contribution is 0.603. The van der Waals surface area contributed by atoms with Crippen LogP contribution in [0.1, 0.15) is 31.5 Å². The van der Waals surface area contributed by atoms with Gasteiger partial charge in [0.25, 0.3) is 10.0 Å². The second-order valence-electron chi connectivity index (χ2n) is 6.71. The van der Waals surface area contributed by atoms with Crippen LogP contribution in [-0.2, 0) is 16.4 Å². The molecular weight excluding hydrogens is 418 g/mol. The standard InChI is InChI=1S/C21H27N5O2S2/c1-5-18-12-13-21(29-18)30(27,28)25-17-10-8-16(9-11-17)24-19-14-20(23-15(4)22-19)26(6-2)7-3/h8-14,25H,5-7H2,1-4H3,(H,22,23,24). The summed E-state index contributed by atoms with van der Waals surface area (Å²) in [6.45, 7) is 9.78. The zero-order chi connectivity index (χ0) is 21.7. The number of sulfonamides is 1. The molecule has 0 aliphatic carbocycles. The fraction of sp³-hybridized carbons (Fsp3) is 0.333. The maximum Gasteiger partial charge on any atom is 0.271 e. The van der Waals surface area contributed by atoms with E-state index in [1.54, 1.807) is 18.2 Å². The monoisotopic (exact) mass is 445 g/mol. The Labute approximate surface area is 182 Å². The molecule has 0 unspecified atom stereocenters. The van der Waals surface area contributed by atoms with Gasteiger partial charge < -0.3 is 10.2 Å². The third-order valence-electron chi connectivity index (χ3n) is 4.57. The number of rotatable bonds is 9. The molecule has 2 heterocycles. The average Bonchev–Trinajstić information content (AvgIpc) is 3.20. The van der Waals surface area contributed by atoms with E-state index in [0.29, 0.717) is 21.5 Å². The van der Waals surface area contributed by atoms with Crippen LogP contribution >= 0.6 is 11.3 Å². The third kappa shape index (κ3) is 5.28. The molecule has 3 rings (SSSR count). The Hall–Kier alpha value is -2.65. The van der Waals surface area contributed by atoms with Gasteiger partial charge in [0, 0.05) is 35.4 Å². The maximum absolute atomic E-state index is 12.6. The first-order valence-corrected chi connectivity index (χ1v) is 12.2. The second kappa shape index (κ2) is 9.44. The fourth-order valence-corrected chi connectivity index (χ4v) is 5.35. The molecule has 7 nitrogen and oxygen atoms in total. The van der Waals surface area contributed by atoms with Gasteiger partial charge in [0.1, 0.15) is 21.7 Å². The minimum absolute atomic E-state index is 0.321. The molecule has 0 aliphatic rings. The van der Waals surface area contributed by atoms with Crippen molar-refractivity contribution in [1.82, 2.24) is 9.97 Å². The molecule has 30 heavy (non-hydrogen) atoms. The highest BCUT2D eigenvalue weighted by molar-refractivity contribution is 7.94. The van der Waals surface area contributed by atoms with Crippen molar-refractivity contribution in [3.05, 3.63) is 53.2 Å². The first-order chi connectivity index (χ1) is 14.3. The van der Waals surface area contributed by atoms with Crippen molar-refractivity contribution in [2.45, 2.75) is 38.3 Å². The fourth-order valence-electron chi connectivity index (χ4n) is 2.99. The molecule has 1 aromatic carbocycles. The third-order valence-corrected chi connectivity index (χ3v) is 7.67. The van der Waals surface area contributed by atoms with Gasteiger partial charge in [-0.15, -0.1) is 11.3 Å². The van der Waals surface area contributed by atoms with Gasteiger partial charge in [-0.3, -0.25) is 4.72 Å². The van der Waals surface area contributed by atoms with E-state index in [-0.39, 0.29) is 0 Å². The van der Waals surface area contributed by atoms with E-state index in [1.807, 2.05) is 38.1 Å². The van der Waals surface area contributed by atoms with Crippen LogP contribution in [0.15, 0.2) is 46.7 Å². The van der Waals surface area contributed by atoms with E-state index >= 15 is 0 Å². The van der Waals surface area contributed by atoms with Crippen LogP contribution in [0.3, 0.4) is 0 Å². The quantitative estimate of drug-likeness (QED) is 0.492. The number of anilines is 4. The van der Waals surface area contributed by atoms with E-state index in [1.165, 1.54) is 11.3 Å². The van der Waals surface area contributed by atoms with Crippen LogP contribution in [0, 0.1) is 6.92 Å². The van der Waals surface area contributed by atoms with Crippen LogP contribution in [0.2, 0.25) is 0 Å². The van der Waals surface area contributed by atoms with Crippen molar-refractivity contribution >= 4 is 44.4 Å². The molecule has 2 N–H and O–H groups in total. The predicted molar refractivity (Wildman–Crippen MR) is 125 cm³/mol. The Morgan fingerprint density at radius 1 is 0.967 bits per heavy atom. The molecule has 0 spiro atoms. The lowest BCUT2D eigenvalue weighted by Gasteiger charge is -2.20. The molecule has 2 aromatic heterocycles. The Balaban J connectivity index is 1.73. The number of aromatic nitrogens is 2. The van der Waals surface area contributed by atoms with Crippen molar-refractivity contribution in [2.75, 3.05) is 28.0 Å². The average molecular weight is 446 g/mol. The number of benzene rings is 1. The highest BCUT2D eigenvalue weighted by atomic mass is 32.2. The van der Waals surface area contributed by atoms with E-state index in [0.717, 1.165) is 35.9 Å². The summed E-state index contributed by atoms with van der Waals surface area (Å²) in [4.78, 5) is 12.2. The van der Waals surface area contributed by atoms with Gasteiger partial charge in [-0.1, -0.05) is 6.92 Å². The molecule has 0 saturated carbocycles. The summed E-state index contributed by atoms with van der Waals surface area (Å²) in [5, 5.41) is 3.27. The molecular formula is C21H27N5O2S2. The molecule has 0 saturated heterocycles. The molecule has 9 heteroatoms. The summed E-state index contributed by atoms with van der Waals surface area (Å²) in [6.07, 6.45) is 0.819. The van der Waals surface area contributed by atoms with Gasteiger partial charge >= 0.3 is 0 Å². The number of hydrogen-bond donors (Lipinski definition) is 2. The van der Waals surface area contributed by atoms with Gasteiger partial charge in [-0.2, -0.15) is 0 Å². The summed E-state index contributed by atoms with van der Waals surface area (Å²) in [6, 6.07) is 12.5. The van der Waals surface area contributed by atoms with E-state index < -0.39 is 10.0 Å². The van der Waals surface area contributed by atoms with E-state index in [2.05, 4.69) is 38.8 Å². The van der Waals surface area contributed by atoms with Crippen molar-refractivity contribution in [2.24, 2.45) is 0 Å². The highest BCUT2D eigenvalue weighted by Crippen LogP contribution is 2.26. The second-order valence-corrected chi connectivity index (χ2v) is 9.79. The molecule has 0 atom stereocenters. The SMILES string of the molecule is CCc1ccc(S(=O)(=O)Nc2ccc(Nc3cc(N(CC)CC)nc(C)n3)cc2)s1. The molecule has 0 amide bonds. The summed E-state index contributed by atoms with van der Waals surface area (Å²) in [5.74, 6) is 2.26.